The highest BCUT2D eigenvalue weighted by molar-refractivity contribution is 5.97. The molecule has 0 saturated carbocycles. The number of benzene rings is 2. The van der Waals surface area contributed by atoms with Crippen LogP contribution >= 0.6 is 0 Å². The van der Waals surface area contributed by atoms with Crippen LogP contribution < -0.4 is 10.6 Å². The zero-order valence-electron chi connectivity index (χ0n) is 17.5. The van der Waals surface area contributed by atoms with E-state index in [9.17, 15) is 14.4 Å². The van der Waals surface area contributed by atoms with Crippen molar-refractivity contribution in [1.82, 2.24) is 10.2 Å². The number of amides is 3. The number of ether oxygens (including phenoxy) is 1. The molecule has 2 aromatic carbocycles. The van der Waals surface area contributed by atoms with E-state index in [1.807, 2.05) is 30.9 Å². The smallest absolute Gasteiger partial charge is 0.254 e. The molecule has 7 nitrogen and oxygen atoms in total. The number of nitrogens with zero attached hydrogens (tertiary/aromatic N) is 1. The normalized spacial score (nSPS) is 18.6. The van der Waals surface area contributed by atoms with Crippen LogP contribution in [-0.4, -0.2) is 47.9 Å². The van der Waals surface area contributed by atoms with E-state index in [1.165, 1.54) is 6.92 Å². The van der Waals surface area contributed by atoms with Gasteiger partial charge in [-0.2, -0.15) is 0 Å². The van der Waals surface area contributed by atoms with Crippen molar-refractivity contribution in [1.29, 1.82) is 0 Å². The summed E-state index contributed by atoms with van der Waals surface area (Å²) in [6.45, 7) is 6.85. The van der Waals surface area contributed by atoms with Crippen LogP contribution in [0.25, 0.3) is 0 Å². The quantitative estimate of drug-likeness (QED) is 0.795. The van der Waals surface area contributed by atoms with Gasteiger partial charge in [0.2, 0.25) is 5.91 Å². The van der Waals surface area contributed by atoms with Crippen molar-refractivity contribution >= 4 is 23.4 Å². The Labute approximate surface area is 176 Å². The molecule has 1 aliphatic rings. The maximum absolute atomic E-state index is 12.7. The van der Waals surface area contributed by atoms with Gasteiger partial charge in [-0.25, -0.2) is 0 Å². The summed E-state index contributed by atoms with van der Waals surface area (Å²) < 4.78 is 5.68. The van der Waals surface area contributed by atoms with E-state index in [1.54, 1.807) is 36.4 Å². The Kier molecular flexibility index (Phi) is 6.84. The summed E-state index contributed by atoms with van der Waals surface area (Å²) in [7, 11) is 0. The standard InChI is InChI=1S/C23H27N3O4/c1-15-13-26(14-16(2)30-15)23(29)19-9-7-18(8-10-19)12-24-22(28)20-5-4-6-21(11-20)25-17(3)27/h4-11,15-16H,12-14H2,1-3H3,(H,24,28)(H,25,27). The summed E-state index contributed by atoms with van der Waals surface area (Å²) in [4.78, 5) is 38.1. The molecule has 30 heavy (non-hydrogen) atoms. The third kappa shape index (κ3) is 5.67. The van der Waals surface area contributed by atoms with Gasteiger partial charge in [0.1, 0.15) is 0 Å². The molecule has 3 rings (SSSR count). The average molecular weight is 409 g/mol. The first-order valence-corrected chi connectivity index (χ1v) is 10.0. The average Bonchev–Trinajstić information content (AvgIpc) is 2.71. The van der Waals surface area contributed by atoms with E-state index in [0.29, 0.717) is 36.4 Å². The number of rotatable bonds is 5. The zero-order valence-corrected chi connectivity index (χ0v) is 17.5. The number of anilines is 1. The fourth-order valence-electron chi connectivity index (χ4n) is 3.52. The van der Waals surface area contributed by atoms with Crippen LogP contribution in [0.15, 0.2) is 48.5 Å². The van der Waals surface area contributed by atoms with E-state index in [-0.39, 0.29) is 29.9 Å². The van der Waals surface area contributed by atoms with Gasteiger partial charge in [0.05, 0.1) is 12.2 Å². The zero-order chi connectivity index (χ0) is 21.7. The predicted molar refractivity (Wildman–Crippen MR) is 114 cm³/mol. The van der Waals surface area contributed by atoms with Crippen molar-refractivity contribution in [3.63, 3.8) is 0 Å². The van der Waals surface area contributed by atoms with Gasteiger partial charge in [-0.1, -0.05) is 18.2 Å². The molecule has 0 aromatic heterocycles. The lowest BCUT2D eigenvalue weighted by Crippen LogP contribution is -2.48. The van der Waals surface area contributed by atoms with Crippen LogP contribution in [-0.2, 0) is 16.1 Å². The first-order valence-electron chi connectivity index (χ1n) is 10.0. The third-order valence-electron chi connectivity index (χ3n) is 4.81. The summed E-state index contributed by atoms with van der Waals surface area (Å²) >= 11 is 0. The van der Waals surface area contributed by atoms with Gasteiger partial charge in [0, 0.05) is 43.4 Å². The molecule has 1 heterocycles. The van der Waals surface area contributed by atoms with E-state index in [4.69, 9.17) is 4.74 Å². The highest BCUT2D eigenvalue weighted by Crippen LogP contribution is 2.15. The van der Waals surface area contributed by atoms with Crippen LogP contribution in [0.1, 0.15) is 47.1 Å². The molecule has 1 fully saturated rings. The summed E-state index contributed by atoms with van der Waals surface area (Å²) in [6.07, 6.45) is 0.0488. The molecule has 0 spiro atoms. The van der Waals surface area contributed by atoms with Crippen molar-refractivity contribution in [3.8, 4) is 0 Å². The van der Waals surface area contributed by atoms with Crippen LogP contribution in [0.4, 0.5) is 5.69 Å². The van der Waals surface area contributed by atoms with Gasteiger partial charge in [0.15, 0.2) is 0 Å². The third-order valence-corrected chi connectivity index (χ3v) is 4.81. The molecule has 0 aliphatic carbocycles. The monoisotopic (exact) mass is 409 g/mol. The summed E-state index contributed by atoms with van der Waals surface area (Å²) in [5, 5.41) is 5.52. The Balaban J connectivity index is 1.57. The lowest BCUT2D eigenvalue weighted by atomic mass is 10.1. The highest BCUT2D eigenvalue weighted by atomic mass is 16.5. The van der Waals surface area contributed by atoms with Crippen LogP contribution in [0, 0.1) is 0 Å². The molecule has 158 valence electrons. The van der Waals surface area contributed by atoms with Gasteiger partial charge in [-0.15, -0.1) is 0 Å². The molecular formula is C23H27N3O4. The topological polar surface area (TPSA) is 87.7 Å². The molecular weight excluding hydrogens is 382 g/mol. The fraction of sp³-hybridized carbons (Fsp3) is 0.348. The molecule has 0 radical (unpaired) electrons. The van der Waals surface area contributed by atoms with E-state index >= 15 is 0 Å². The van der Waals surface area contributed by atoms with Crippen LogP contribution in [0.5, 0.6) is 0 Å². The number of carbonyl (C=O) groups is 3. The van der Waals surface area contributed by atoms with Gasteiger partial charge in [-0.3, -0.25) is 14.4 Å². The molecule has 2 unspecified atom stereocenters. The molecule has 1 aliphatic heterocycles. The van der Waals surface area contributed by atoms with E-state index < -0.39 is 0 Å². The molecule has 3 amide bonds. The summed E-state index contributed by atoms with van der Waals surface area (Å²) in [6, 6.07) is 14.0. The fourth-order valence-corrected chi connectivity index (χ4v) is 3.52. The van der Waals surface area contributed by atoms with Gasteiger partial charge < -0.3 is 20.3 Å². The lowest BCUT2D eigenvalue weighted by molar-refractivity contribution is -0.114. The van der Waals surface area contributed by atoms with Crippen LogP contribution in [0.2, 0.25) is 0 Å². The molecule has 2 atom stereocenters. The Hall–Kier alpha value is -3.19. The van der Waals surface area contributed by atoms with Crippen molar-refractivity contribution < 1.29 is 19.1 Å². The number of carbonyl (C=O) groups excluding carboxylic acids is 3. The minimum absolute atomic E-state index is 0.0117. The maximum Gasteiger partial charge on any atom is 0.254 e. The number of nitrogens with one attached hydrogen (secondary N) is 2. The second kappa shape index (κ2) is 9.54. The van der Waals surface area contributed by atoms with Crippen molar-refractivity contribution in [3.05, 3.63) is 65.2 Å². The second-order valence-electron chi connectivity index (χ2n) is 7.61. The molecule has 7 heteroatoms. The first kappa shape index (κ1) is 21.5. The lowest BCUT2D eigenvalue weighted by Gasteiger charge is -2.35. The Morgan fingerprint density at radius 2 is 1.67 bits per heavy atom. The Bertz CT molecular complexity index is 916. The molecule has 0 bridgehead atoms. The van der Waals surface area contributed by atoms with E-state index in [0.717, 1.165) is 5.56 Å². The Morgan fingerprint density at radius 1 is 1.00 bits per heavy atom. The highest BCUT2D eigenvalue weighted by Gasteiger charge is 2.26. The van der Waals surface area contributed by atoms with Crippen molar-refractivity contribution in [2.75, 3.05) is 18.4 Å². The molecule has 2 aromatic rings. The number of hydrogen-bond donors (Lipinski definition) is 2. The number of hydrogen-bond acceptors (Lipinski definition) is 4. The molecule has 1 saturated heterocycles. The van der Waals surface area contributed by atoms with Gasteiger partial charge in [0.25, 0.3) is 11.8 Å². The first-order chi connectivity index (χ1) is 14.3. The minimum Gasteiger partial charge on any atom is -0.372 e. The molecule has 2 N–H and O–H groups in total. The largest absolute Gasteiger partial charge is 0.372 e. The van der Waals surface area contributed by atoms with Crippen LogP contribution in [0.3, 0.4) is 0 Å². The van der Waals surface area contributed by atoms with E-state index in [2.05, 4.69) is 10.6 Å². The van der Waals surface area contributed by atoms with Crippen molar-refractivity contribution in [2.45, 2.75) is 39.5 Å². The summed E-state index contributed by atoms with van der Waals surface area (Å²) in [5.41, 5.74) is 2.55. The van der Waals surface area contributed by atoms with Gasteiger partial charge >= 0.3 is 0 Å². The predicted octanol–water partition coefficient (Wildman–Crippen LogP) is 2.82. The maximum atomic E-state index is 12.7. The SMILES string of the molecule is CC(=O)Nc1cccc(C(=O)NCc2ccc(C(=O)N3CC(C)OC(C)C3)cc2)c1. The minimum atomic E-state index is -0.237. The van der Waals surface area contributed by atoms with Crippen molar-refractivity contribution in [2.24, 2.45) is 0 Å². The Morgan fingerprint density at radius 3 is 2.30 bits per heavy atom. The van der Waals surface area contributed by atoms with Gasteiger partial charge in [-0.05, 0) is 49.7 Å². The second-order valence-corrected chi connectivity index (χ2v) is 7.61. The summed E-state index contributed by atoms with van der Waals surface area (Å²) in [5.74, 6) is -0.441. The number of morpholine rings is 1.